The number of ether oxygens (including phenoxy) is 1. The van der Waals surface area contributed by atoms with Crippen molar-refractivity contribution in [1.82, 2.24) is 10.2 Å². The average Bonchev–Trinajstić information content (AvgIpc) is 3.36. The number of piperidine rings is 1. The number of hydrogen-bond donors (Lipinski definition) is 1. The molecule has 3 fully saturated rings. The molecule has 1 saturated carbocycles. The lowest BCUT2D eigenvalue weighted by atomic mass is 9.88. The summed E-state index contributed by atoms with van der Waals surface area (Å²) < 4.78 is 6.28. The van der Waals surface area contributed by atoms with Gasteiger partial charge in [0.2, 0.25) is 5.91 Å². The van der Waals surface area contributed by atoms with Crippen molar-refractivity contribution in [1.29, 1.82) is 0 Å². The van der Waals surface area contributed by atoms with Crippen molar-refractivity contribution in [3.8, 4) is 0 Å². The SMILES string of the molecule is O=C(NCCc1ccccc1)[C@@H]1CCC2(CCN(CC3CC3)CC2)O1. The fraction of sp³-hybridized carbons (Fsp3) is 0.667. The number of benzene rings is 1. The molecular weight excluding hydrogens is 312 g/mol. The summed E-state index contributed by atoms with van der Waals surface area (Å²) in [7, 11) is 0. The van der Waals surface area contributed by atoms with Crippen LogP contribution in [0, 0.1) is 5.92 Å². The highest BCUT2D eigenvalue weighted by Crippen LogP contribution is 2.40. The minimum atomic E-state index is -0.245. The van der Waals surface area contributed by atoms with Crippen LogP contribution in [0.25, 0.3) is 0 Å². The number of amides is 1. The Morgan fingerprint density at radius 1 is 1.12 bits per heavy atom. The molecule has 2 heterocycles. The number of carbonyl (C=O) groups excluding carboxylic acids is 1. The second-order valence-electron chi connectivity index (χ2n) is 8.10. The van der Waals surface area contributed by atoms with E-state index in [2.05, 4.69) is 22.3 Å². The van der Waals surface area contributed by atoms with Crippen LogP contribution in [-0.4, -0.2) is 48.7 Å². The third-order valence-electron chi connectivity index (χ3n) is 6.08. The highest BCUT2D eigenvalue weighted by molar-refractivity contribution is 5.81. The number of carbonyl (C=O) groups is 1. The van der Waals surface area contributed by atoms with Gasteiger partial charge in [-0.2, -0.15) is 0 Å². The van der Waals surface area contributed by atoms with Crippen LogP contribution < -0.4 is 5.32 Å². The Morgan fingerprint density at radius 2 is 1.88 bits per heavy atom. The molecule has 2 aliphatic heterocycles. The summed E-state index contributed by atoms with van der Waals surface area (Å²) >= 11 is 0. The third-order valence-corrected chi connectivity index (χ3v) is 6.08. The van der Waals surface area contributed by atoms with Crippen molar-refractivity contribution in [3.63, 3.8) is 0 Å². The first-order valence-electron chi connectivity index (χ1n) is 9.94. The molecule has 1 N–H and O–H groups in total. The third kappa shape index (κ3) is 4.42. The van der Waals surface area contributed by atoms with Gasteiger partial charge in [-0.05, 0) is 56.4 Å². The van der Waals surface area contributed by atoms with E-state index in [-0.39, 0.29) is 17.6 Å². The Kier molecular flexibility index (Phi) is 5.09. The van der Waals surface area contributed by atoms with E-state index < -0.39 is 0 Å². The molecule has 1 aliphatic carbocycles. The summed E-state index contributed by atoms with van der Waals surface area (Å²) in [5.41, 5.74) is 1.23. The predicted octanol–water partition coefficient (Wildman–Crippen LogP) is 2.77. The van der Waals surface area contributed by atoms with E-state index in [1.807, 2.05) is 18.2 Å². The molecule has 0 bridgehead atoms. The number of hydrogen-bond acceptors (Lipinski definition) is 3. The molecule has 0 radical (unpaired) electrons. The molecule has 4 nitrogen and oxygen atoms in total. The minimum Gasteiger partial charge on any atom is -0.362 e. The number of nitrogens with zero attached hydrogens (tertiary/aromatic N) is 1. The molecule has 4 rings (SSSR count). The first-order chi connectivity index (χ1) is 12.2. The first kappa shape index (κ1) is 17.0. The van der Waals surface area contributed by atoms with Gasteiger partial charge >= 0.3 is 0 Å². The van der Waals surface area contributed by atoms with Crippen LogP contribution in [0.5, 0.6) is 0 Å². The van der Waals surface area contributed by atoms with Crippen LogP contribution in [0.1, 0.15) is 44.1 Å². The molecule has 3 aliphatic rings. The average molecular weight is 342 g/mol. The topological polar surface area (TPSA) is 41.6 Å². The van der Waals surface area contributed by atoms with E-state index in [4.69, 9.17) is 4.74 Å². The highest BCUT2D eigenvalue weighted by atomic mass is 16.5. The first-order valence-corrected chi connectivity index (χ1v) is 9.94. The highest BCUT2D eigenvalue weighted by Gasteiger charge is 2.44. The van der Waals surface area contributed by atoms with Crippen LogP contribution >= 0.6 is 0 Å². The maximum absolute atomic E-state index is 12.4. The monoisotopic (exact) mass is 342 g/mol. The van der Waals surface area contributed by atoms with Gasteiger partial charge in [-0.1, -0.05) is 30.3 Å². The zero-order valence-corrected chi connectivity index (χ0v) is 15.1. The summed E-state index contributed by atoms with van der Waals surface area (Å²) in [6, 6.07) is 10.3. The summed E-state index contributed by atoms with van der Waals surface area (Å²) in [5, 5.41) is 3.06. The Balaban J connectivity index is 1.20. The van der Waals surface area contributed by atoms with Crippen molar-refractivity contribution < 1.29 is 9.53 Å². The van der Waals surface area contributed by atoms with Gasteiger partial charge in [0.1, 0.15) is 6.10 Å². The van der Waals surface area contributed by atoms with Gasteiger partial charge in [0.25, 0.3) is 0 Å². The lowest BCUT2D eigenvalue weighted by Crippen LogP contribution is -2.46. The second kappa shape index (κ2) is 7.46. The molecule has 1 atom stereocenters. The maximum atomic E-state index is 12.4. The molecule has 1 spiro atoms. The second-order valence-corrected chi connectivity index (χ2v) is 8.10. The standard InChI is InChI=1S/C21H30N2O2/c24-20(22-13-9-17-4-2-1-3-5-17)19-8-10-21(25-19)11-14-23(15-12-21)16-18-6-7-18/h1-5,18-19H,6-16H2,(H,22,24)/t19-/m0/s1. The fourth-order valence-electron chi connectivity index (χ4n) is 4.26. The van der Waals surface area contributed by atoms with E-state index in [0.717, 1.165) is 51.1 Å². The van der Waals surface area contributed by atoms with Crippen LogP contribution in [0.3, 0.4) is 0 Å². The summed E-state index contributed by atoms with van der Waals surface area (Å²) in [4.78, 5) is 15.0. The predicted molar refractivity (Wildman–Crippen MR) is 98.4 cm³/mol. The van der Waals surface area contributed by atoms with Crippen LogP contribution in [-0.2, 0) is 16.0 Å². The molecule has 1 aromatic rings. The molecule has 1 aromatic carbocycles. The molecular formula is C21H30N2O2. The van der Waals surface area contributed by atoms with Crippen LogP contribution in [0.2, 0.25) is 0 Å². The van der Waals surface area contributed by atoms with E-state index in [1.54, 1.807) is 0 Å². The van der Waals surface area contributed by atoms with E-state index >= 15 is 0 Å². The Labute approximate surface area is 150 Å². The van der Waals surface area contributed by atoms with Crippen molar-refractivity contribution in [2.45, 2.75) is 56.7 Å². The zero-order chi connectivity index (χ0) is 17.1. The van der Waals surface area contributed by atoms with Crippen molar-refractivity contribution >= 4 is 5.91 Å². The van der Waals surface area contributed by atoms with Crippen LogP contribution in [0.4, 0.5) is 0 Å². The Morgan fingerprint density at radius 3 is 2.60 bits per heavy atom. The molecule has 4 heteroatoms. The summed E-state index contributed by atoms with van der Waals surface area (Å²) in [6.07, 6.45) is 7.57. The lowest BCUT2D eigenvalue weighted by Gasteiger charge is -2.39. The summed E-state index contributed by atoms with van der Waals surface area (Å²) in [6.45, 7) is 4.24. The van der Waals surface area contributed by atoms with Gasteiger partial charge in [0.15, 0.2) is 0 Å². The van der Waals surface area contributed by atoms with Gasteiger partial charge < -0.3 is 15.0 Å². The Hall–Kier alpha value is -1.39. The molecule has 136 valence electrons. The number of nitrogens with one attached hydrogen (secondary N) is 1. The van der Waals surface area contributed by atoms with E-state index in [1.165, 1.54) is 24.9 Å². The molecule has 1 amide bonds. The molecule has 0 unspecified atom stereocenters. The fourth-order valence-corrected chi connectivity index (χ4v) is 4.26. The van der Waals surface area contributed by atoms with Gasteiger partial charge in [-0.3, -0.25) is 4.79 Å². The quantitative estimate of drug-likeness (QED) is 0.864. The molecule has 2 saturated heterocycles. The lowest BCUT2D eigenvalue weighted by molar-refractivity contribution is -0.140. The van der Waals surface area contributed by atoms with E-state index in [9.17, 15) is 4.79 Å². The van der Waals surface area contributed by atoms with Gasteiger partial charge in [0.05, 0.1) is 5.60 Å². The Bertz CT molecular complexity index is 577. The maximum Gasteiger partial charge on any atom is 0.249 e. The van der Waals surface area contributed by atoms with Gasteiger partial charge in [0, 0.05) is 26.2 Å². The van der Waals surface area contributed by atoms with Crippen LogP contribution in [0.15, 0.2) is 30.3 Å². The van der Waals surface area contributed by atoms with Gasteiger partial charge in [-0.15, -0.1) is 0 Å². The number of rotatable bonds is 6. The normalized spacial score (nSPS) is 26.0. The molecule has 25 heavy (non-hydrogen) atoms. The largest absolute Gasteiger partial charge is 0.362 e. The number of likely N-dealkylation sites (tertiary alicyclic amines) is 1. The minimum absolute atomic E-state index is 0.0263. The van der Waals surface area contributed by atoms with E-state index in [0.29, 0.717) is 6.54 Å². The van der Waals surface area contributed by atoms with Gasteiger partial charge in [-0.25, -0.2) is 0 Å². The van der Waals surface area contributed by atoms with Crippen molar-refractivity contribution in [2.75, 3.05) is 26.2 Å². The smallest absolute Gasteiger partial charge is 0.249 e. The molecule has 0 aromatic heterocycles. The summed E-state index contributed by atoms with van der Waals surface area (Å²) in [5.74, 6) is 1.04. The van der Waals surface area contributed by atoms with Crippen molar-refractivity contribution in [3.05, 3.63) is 35.9 Å². The van der Waals surface area contributed by atoms with Crippen molar-refractivity contribution in [2.24, 2.45) is 5.92 Å². The zero-order valence-electron chi connectivity index (χ0n) is 15.1.